The summed E-state index contributed by atoms with van der Waals surface area (Å²) < 4.78 is 0. The summed E-state index contributed by atoms with van der Waals surface area (Å²) in [6.07, 6.45) is 4.32. The molecule has 0 heterocycles. The molecule has 0 aliphatic carbocycles. The van der Waals surface area contributed by atoms with Crippen molar-refractivity contribution in [1.29, 1.82) is 0 Å². The van der Waals surface area contributed by atoms with E-state index in [1.807, 2.05) is 6.08 Å². The lowest BCUT2D eigenvalue weighted by atomic mass is 10.1. The number of hydrogen-bond donors (Lipinski definition) is 2. The lowest BCUT2D eigenvalue weighted by Gasteiger charge is -1.99. The molecule has 0 aliphatic rings. The van der Waals surface area contributed by atoms with E-state index in [2.05, 4.69) is 0 Å². The molecule has 0 spiro atoms. The Bertz CT molecular complexity index is 583. The smallest absolute Gasteiger partial charge is 0.150 e. The van der Waals surface area contributed by atoms with Gasteiger partial charge in [-0.2, -0.15) is 0 Å². The Balaban J connectivity index is 2.25. The lowest BCUT2D eigenvalue weighted by Crippen LogP contribution is -1.81. The van der Waals surface area contributed by atoms with Gasteiger partial charge in [-0.15, -0.1) is 0 Å². The predicted octanol–water partition coefficient (Wildman–Crippen LogP) is 3.08. The summed E-state index contributed by atoms with van der Waals surface area (Å²) in [5.74, 6) is 0.276. The topological polar surface area (TPSA) is 57.5 Å². The van der Waals surface area contributed by atoms with E-state index in [-0.39, 0.29) is 11.5 Å². The Morgan fingerprint density at radius 3 is 2.00 bits per heavy atom. The summed E-state index contributed by atoms with van der Waals surface area (Å²) in [4.78, 5) is 10.7. The monoisotopic (exact) mass is 240 g/mol. The van der Waals surface area contributed by atoms with Crippen molar-refractivity contribution < 1.29 is 15.0 Å². The normalized spacial score (nSPS) is 10.7. The third-order valence-electron chi connectivity index (χ3n) is 2.46. The number of carbonyl (C=O) groups excluding carboxylic acids is 1. The first-order valence-corrected chi connectivity index (χ1v) is 5.44. The predicted molar refractivity (Wildman–Crippen MR) is 70.5 cm³/mol. The number of aldehydes is 1. The Morgan fingerprint density at radius 2 is 1.33 bits per heavy atom. The summed E-state index contributed by atoms with van der Waals surface area (Å²) in [5.41, 5.74) is 2.09. The first-order valence-electron chi connectivity index (χ1n) is 5.44. The fourth-order valence-electron chi connectivity index (χ4n) is 1.60. The van der Waals surface area contributed by atoms with Gasteiger partial charge in [-0.05, 0) is 41.5 Å². The molecule has 18 heavy (non-hydrogen) atoms. The number of hydrogen-bond acceptors (Lipinski definition) is 3. The maximum atomic E-state index is 10.7. The molecule has 0 atom stereocenters. The van der Waals surface area contributed by atoms with E-state index < -0.39 is 0 Å². The van der Waals surface area contributed by atoms with Crippen LogP contribution in [-0.2, 0) is 0 Å². The van der Waals surface area contributed by atoms with Crippen LogP contribution in [0.5, 0.6) is 11.5 Å². The number of rotatable bonds is 3. The van der Waals surface area contributed by atoms with Crippen LogP contribution in [0.2, 0.25) is 0 Å². The number of aromatic hydroxyl groups is 2. The average molecular weight is 240 g/mol. The highest BCUT2D eigenvalue weighted by Crippen LogP contribution is 2.17. The maximum Gasteiger partial charge on any atom is 0.150 e. The van der Waals surface area contributed by atoms with Crippen molar-refractivity contribution in [3.63, 3.8) is 0 Å². The highest BCUT2D eigenvalue weighted by Gasteiger charge is 1.97. The van der Waals surface area contributed by atoms with E-state index in [1.54, 1.807) is 42.5 Å². The minimum absolute atomic E-state index is 0.0601. The van der Waals surface area contributed by atoms with Gasteiger partial charge in [0.2, 0.25) is 0 Å². The zero-order valence-corrected chi connectivity index (χ0v) is 9.58. The first-order chi connectivity index (χ1) is 8.67. The number of phenols is 2. The van der Waals surface area contributed by atoms with Crippen LogP contribution >= 0.6 is 0 Å². The summed E-state index contributed by atoms with van der Waals surface area (Å²) >= 11 is 0. The minimum Gasteiger partial charge on any atom is -0.508 e. The molecular formula is C15H12O3. The van der Waals surface area contributed by atoms with Crippen LogP contribution in [0.1, 0.15) is 21.5 Å². The molecule has 3 nitrogen and oxygen atoms in total. The van der Waals surface area contributed by atoms with Crippen LogP contribution in [0.25, 0.3) is 12.2 Å². The highest BCUT2D eigenvalue weighted by molar-refractivity contribution is 5.79. The zero-order chi connectivity index (χ0) is 13.0. The van der Waals surface area contributed by atoms with Gasteiger partial charge in [0.1, 0.15) is 17.8 Å². The molecule has 90 valence electrons. The van der Waals surface area contributed by atoms with Gasteiger partial charge in [-0.1, -0.05) is 24.3 Å². The van der Waals surface area contributed by atoms with Gasteiger partial charge >= 0.3 is 0 Å². The molecule has 0 fully saturated rings. The summed E-state index contributed by atoms with van der Waals surface area (Å²) in [5, 5.41) is 18.6. The maximum absolute atomic E-state index is 10.7. The van der Waals surface area contributed by atoms with Crippen molar-refractivity contribution in [3.05, 3.63) is 59.2 Å². The zero-order valence-electron chi connectivity index (χ0n) is 9.58. The van der Waals surface area contributed by atoms with Crippen molar-refractivity contribution in [2.75, 3.05) is 0 Å². The molecule has 3 heteroatoms. The Hall–Kier alpha value is -2.55. The Labute approximate surface area is 105 Å². The largest absolute Gasteiger partial charge is 0.508 e. The lowest BCUT2D eigenvalue weighted by molar-refractivity contribution is 0.112. The van der Waals surface area contributed by atoms with Crippen molar-refractivity contribution in [3.8, 4) is 11.5 Å². The second-order valence-corrected chi connectivity index (χ2v) is 3.90. The van der Waals surface area contributed by atoms with Gasteiger partial charge in [-0.25, -0.2) is 0 Å². The molecule has 0 bridgehead atoms. The van der Waals surface area contributed by atoms with Crippen LogP contribution in [0, 0.1) is 0 Å². The molecule has 2 rings (SSSR count). The quantitative estimate of drug-likeness (QED) is 0.640. The van der Waals surface area contributed by atoms with E-state index in [9.17, 15) is 9.90 Å². The van der Waals surface area contributed by atoms with E-state index in [0.717, 1.165) is 11.1 Å². The molecule has 2 N–H and O–H groups in total. The van der Waals surface area contributed by atoms with E-state index in [0.29, 0.717) is 11.8 Å². The van der Waals surface area contributed by atoms with Crippen LogP contribution in [0.4, 0.5) is 0 Å². The molecule has 0 aromatic heterocycles. The van der Waals surface area contributed by atoms with E-state index in [1.165, 1.54) is 6.07 Å². The SMILES string of the molecule is O=Cc1cc(O)cc(C=Cc2ccc(O)cc2)c1. The molecule has 0 saturated carbocycles. The number of carbonyl (C=O) groups is 1. The molecule has 0 unspecified atom stereocenters. The molecule has 0 amide bonds. The summed E-state index contributed by atoms with van der Waals surface area (Å²) in [6, 6.07) is 11.4. The second-order valence-electron chi connectivity index (χ2n) is 3.90. The van der Waals surface area contributed by atoms with Gasteiger partial charge in [0, 0.05) is 5.56 Å². The standard InChI is InChI=1S/C15H12O3/c16-10-13-7-12(8-15(18)9-13)2-1-11-3-5-14(17)6-4-11/h1-10,17-18H. The van der Waals surface area contributed by atoms with E-state index in [4.69, 9.17) is 5.11 Å². The molecule has 2 aromatic rings. The van der Waals surface area contributed by atoms with E-state index >= 15 is 0 Å². The second kappa shape index (κ2) is 5.19. The summed E-state index contributed by atoms with van der Waals surface area (Å²) in [7, 11) is 0. The van der Waals surface area contributed by atoms with Crippen LogP contribution in [0.3, 0.4) is 0 Å². The van der Waals surface area contributed by atoms with Crippen molar-refractivity contribution in [1.82, 2.24) is 0 Å². The fourth-order valence-corrected chi connectivity index (χ4v) is 1.60. The van der Waals surface area contributed by atoms with Crippen LogP contribution in [-0.4, -0.2) is 16.5 Å². The average Bonchev–Trinajstić information content (AvgIpc) is 2.37. The first kappa shape index (κ1) is 11.9. The third kappa shape index (κ3) is 2.98. The summed E-state index contributed by atoms with van der Waals surface area (Å²) in [6.45, 7) is 0. The Kier molecular flexibility index (Phi) is 3.44. The fraction of sp³-hybridized carbons (Fsp3) is 0. The third-order valence-corrected chi connectivity index (χ3v) is 2.46. The number of benzene rings is 2. The van der Waals surface area contributed by atoms with Gasteiger partial charge in [0.05, 0.1) is 0 Å². The van der Waals surface area contributed by atoms with Gasteiger partial charge in [0.25, 0.3) is 0 Å². The Morgan fingerprint density at radius 1 is 0.722 bits per heavy atom. The van der Waals surface area contributed by atoms with Crippen molar-refractivity contribution in [2.45, 2.75) is 0 Å². The molecule has 0 saturated heterocycles. The molecular weight excluding hydrogens is 228 g/mol. The van der Waals surface area contributed by atoms with Crippen LogP contribution < -0.4 is 0 Å². The highest BCUT2D eigenvalue weighted by atomic mass is 16.3. The van der Waals surface area contributed by atoms with Gasteiger partial charge < -0.3 is 10.2 Å². The molecule has 0 radical (unpaired) electrons. The van der Waals surface area contributed by atoms with Gasteiger partial charge in [-0.3, -0.25) is 4.79 Å². The van der Waals surface area contributed by atoms with Crippen molar-refractivity contribution in [2.24, 2.45) is 0 Å². The molecule has 0 aliphatic heterocycles. The number of phenolic OH excluding ortho intramolecular Hbond substituents is 2. The minimum atomic E-state index is 0.0601. The van der Waals surface area contributed by atoms with Gasteiger partial charge in [0.15, 0.2) is 0 Å². The van der Waals surface area contributed by atoms with Crippen molar-refractivity contribution >= 4 is 18.4 Å². The van der Waals surface area contributed by atoms with Crippen LogP contribution in [0.15, 0.2) is 42.5 Å². The molecule has 2 aromatic carbocycles.